The van der Waals surface area contributed by atoms with Gasteiger partial charge >= 0.3 is 0 Å². The van der Waals surface area contributed by atoms with Crippen LogP contribution in [-0.2, 0) is 6.42 Å². The first kappa shape index (κ1) is 12.3. The molecule has 5 heteroatoms. The van der Waals surface area contributed by atoms with E-state index >= 15 is 0 Å². The van der Waals surface area contributed by atoms with Crippen molar-refractivity contribution in [1.82, 2.24) is 9.97 Å². The lowest BCUT2D eigenvalue weighted by Crippen LogP contribution is -2.19. The zero-order chi connectivity index (χ0) is 13.0. The Morgan fingerprint density at radius 1 is 1.33 bits per heavy atom. The molecule has 1 heterocycles. The van der Waals surface area contributed by atoms with E-state index in [0.717, 1.165) is 12.0 Å². The van der Waals surface area contributed by atoms with Crippen LogP contribution in [0.2, 0.25) is 0 Å². The van der Waals surface area contributed by atoms with Crippen molar-refractivity contribution in [2.45, 2.75) is 19.4 Å². The summed E-state index contributed by atoms with van der Waals surface area (Å²) in [6.07, 6.45) is 3.77. The molecule has 0 bridgehead atoms. The number of rotatable bonds is 4. The van der Waals surface area contributed by atoms with Gasteiger partial charge in [0.1, 0.15) is 12.1 Å². The maximum Gasteiger partial charge on any atom is 0.152 e. The summed E-state index contributed by atoms with van der Waals surface area (Å²) in [5, 5.41) is 3.20. The average molecular weight is 246 g/mol. The van der Waals surface area contributed by atoms with Crippen LogP contribution in [-0.4, -0.2) is 16.0 Å². The predicted molar refractivity (Wildman–Crippen MR) is 69.6 cm³/mol. The molecular formula is C13H15FN4. The second kappa shape index (κ2) is 5.44. The van der Waals surface area contributed by atoms with E-state index in [-0.39, 0.29) is 11.9 Å². The van der Waals surface area contributed by atoms with E-state index in [9.17, 15) is 4.39 Å². The van der Waals surface area contributed by atoms with Gasteiger partial charge in [0.2, 0.25) is 0 Å². The van der Waals surface area contributed by atoms with Crippen LogP contribution in [0.15, 0.2) is 36.8 Å². The minimum atomic E-state index is -0.223. The minimum absolute atomic E-state index is 0.146. The second-order valence-corrected chi connectivity index (χ2v) is 4.20. The van der Waals surface area contributed by atoms with E-state index in [1.165, 1.54) is 18.5 Å². The normalized spacial score (nSPS) is 12.1. The molecule has 2 rings (SSSR count). The van der Waals surface area contributed by atoms with E-state index in [1.807, 2.05) is 6.92 Å². The van der Waals surface area contributed by atoms with Crippen LogP contribution in [0.3, 0.4) is 0 Å². The largest absolute Gasteiger partial charge is 0.394 e. The number of benzene rings is 1. The van der Waals surface area contributed by atoms with E-state index in [1.54, 1.807) is 18.3 Å². The Morgan fingerprint density at radius 3 is 2.72 bits per heavy atom. The van der Waals surface area contributed by atoms with Crippen LogP contribution in [0.25, 0.3) is 0 Å². The summed E-state index contributed by atoms with van der Waals surface area (Å²) in [6.45, 7) is 2.02. The van der Waals surface area contributed by atoms with Crippen molar-refractivity contribution in [3.63, 3.8) is 0 Å². The van der Waals surface area contributed by atoms with Gasteiger partial charge in [-0.05, 0) is 31.0 Å². The molecule has 0 spiro atoms. The standard InChI is InChI=1S/C13H15FN4/c1-9(6-10-2-4-11(14)5-3-10)18-13-12(15)7-16-8-17-13/h2-5,7-9H,6,15H2,1H3,(H,16,17,18). The number of nitrogens with two attached hydrogens (primary N) is 1. The second-order valence-electron chi connectivity index (χ2n) is 4.20. The lowest BCUT2D eigenvalue weighted by atomic mass is 10.1. The van der Waals surface area contributed by atoms with Crippen molar-refractivity contribution in [3.05, 3.63) is 48.2 Å². The molecule has 1 atom stereocenters. The molecule has 18 heavy (non-hydrogen) atoms. The van der Waals surface area contributed by atoms with Crippen molar-refractivity contribution in [2.24, 2.45) is 0 Å². The molecule has 4 nitrogen and oxygen atoms in total. The molecule has 0 amide bonds. The monoisotopic (exact) mass is 246 g/mol. The quantitative estimate of drug-likeness (QED) is 0.868. The van der Waals surface area contributed by atoms with Gasteiger partial charge in [0.15, 0.2) is 5.82 Å². The third kappa shape index (κ3) is 3.16. The molecular weight excluding hydrogens is 231 g/mol. The number of hydrogen-bond acceptors (Lipinski definition) is 4. The van der Waals surface area contributed by atoms with E-state index in [2.05, 4.69) is 15.3 Å². The maximum atomic E-state index is 12.8. The van der Waals surface area contributed by atoms with Gasteiger partial charge in [0.05, 0.1) is 11.9 Å². The summed E-state index contributed by atoms with van der Waals surface area (Å²) < 4.78 is 12.8. The number of nitrogens with zero attached hydrogens (tertiary/aromatic N) is 2. The highest BCUT2D eigenvalue weighted by atomic mass is 19.1. The molecule has 94 valence electrons. The molecule has 1 aromatic carbocycles. The molecule has 0 aliphatic carbocycles. The topological polar surface area (TPSA) is 63.8 Å². The number of halogens is 1. The van der Waals surface area contributed by atoms with Crippen LogP contribution in [0.1, 0.15) is 12.5 Å². The first-order chi connectivity index (χ1) is 8.65. The zero-order valence-corrected chi connectivity index (χ0v) is 10.1. The Morgan fingerprint density at radius 2 is 2.06 bits per heavy atom. The van der Waals surface area contributed by atoms with Gasteiger partial charge in [-0.1, -0.05) is 12.1 Å². The molecule has 0 saturated heterocycles. The highest BCUT2D eigenvalue weighted by Crippen LogP contribution is 2.14. The number of anilines is 2. The highest BCUT2D eigenvalue weighted by molar-refractivity contribution is 5.59. The number of nitrogen functional groups attached to an aromatic ring is 1. The number of aromatic nitrogens is 2. The molecule has 0 aliphatic heterocycles. The van der Waals surface area contributed by atoms with E-state index in [0.29, 0.717) is 11.5 Å². The van der Waals surface area contributed by atoms with Gasteiger partial charge in [0.25, 0.3) is 0 Å². The van der Waals surface area contributed by atoms with E-state index < -0.39 is 0 Å². The smallest absolute Gasteiger partial charge is 0.152 e. The SMILES string of the molecule is CC(Cc1ccc(F)cc1)Nc1ncncc1N. The van der Waals surface area contributed by atoms with Gasteiger partial charge in [-0.2, -0.15) is 0 Å². The minimum Gasteiger partial charge on any atom is -0.394 e. The Kier molecular flexibility index (Phi) is 3.72. The summed E-state index contributed by atoms with van der Waals surface area (Å²) in [4.78, 5) is 7.89. The van der Waals surface area contributed by atoms with Crippen molar-refractivity contribution in [3.8, 4) is 0 Å². The predicted octanol–water partition coefficient (Wildman–Crippen LogP) is 2.24. The Balaban J connectivity index is 1.99. The van der Waals surface area contributed by atoms with Crippen LogP contribution in [0, 0.1) is 5.82 Å². The molecule has 1 unspecified atom stereocenters. The fourth-order valence-corrected chi connectivity index (χ4v) is 1.72. The van der Waals surface area contributed by atoms with Crippen molar-refractivity contribution < 1.29 is 4.39 Å². The van der Waals surface area contributed by atoms with E-state index in [4.69, 9.17) is 5.73 Å². The Hall–Kier alpha value is -2.17. The fraction of sp³-hybridized carbons (Fsp3) is 0.231. The molecule has 0 fully saturated rings. The van der Waals surface area contributed by atoms with Crippen LogP contribution >= 0.6 is 0 Å². The zero-order valence-electron chi connectivity index (χ0n) is 10.1. The lowest BCUT2D eigenvalue weighted by molar-refractivity contribution is 0.626. The summed E-state index contributed by atoms with van der Waals surface area (Å²) in [5.74, 6) is 0.402. The molecule has 0 radical (unpaired) electrons. The van der Waals surface area contributed by atoms with Crippen LogP contribution in [0.5, 0.6) is 0 Å². The molecule has 1 aromatic heterocycles. The first-order valence-electron chi connectivity index (χ1n) is 5.71. The molecule has 2 aromatic rings. The highest BCUT2D eigenvalue weighted by Gasteiger charge is 2.06. The Bertz CT molecular complexity index is 513. The van der Waals surface area contributed by atoms with Gasteiger partial charge < -0.3 is 11.1 Å². The molecule has 0 aliphatic rings. The lowest BCUT2D eigenvalue weighted by Gasteiger charge is -2.15. The third-order valence-corrected chi connectivity index (χ3v) is 2.58. The van der Waals surface area contributed by atoms with Gasteiger partial charge in [0, 0.05) is 6.04 Å². The summed E-state index contributed by atoms with van der Waals surface area (Å²) in [5.41, 5.74) is 7.32. The summed E-state index contributed by atoms with van der Waals surface area (Å²) in [6, 6.07) is 6.61. The first-order valence-corrected chi connectivity index (χ1v) is 5.71. The van der Waals surface area contributed by atoms with Crippen molar-refractivity contribution in [2.75, 3.05) is 11.1 Å². The van der Waals surface area contributed by atoms with Gasteiger partial charge in [-0.15, -0.1) is 0 Å². The van der Waals surface area contributed by atoms with Crippen molar-refractivity contribution in [1.29, 1.82) is 0 Å². The van der Waals surface area contributed by atoms with Gasteiger partial charge in [-0.25, -0.2) is 14.4 Å². The van der Waals surface area contributed by atoms with Crippen LogP contribution in [0.4, 0.5) is 15.9 Å². The number of hydrogen-bond donors (Lipinski definition) is 2. The fourth-order valence-electron chi connectivity index (χ4n) is 1.72. The van der Waals surface area contributed by atoms with Crippen LogP contribution < -0.4 is 11.1 Å². The molecule has 0 saturated carbocycles. The molecule has 3 N–H and O–H groups in total. The van der Waals surface area contributed by atoms with Crippen molar-refractivity contribution >= 4 is 11.5 Å². The summed E-state index contributed by atoms with van der Waals surface area (Å²) >= 11 is 0. The Labute approximate surface area is 105 Å². The maximum absolute atomic E-state index is 12.8. The third-order valence-electron chi connectivity index (χ3n) is 2.58. The van der Waals surface area contributed by atoms with Gasteiger partial charge in [-0.3, -0.25) is 0 Å². The summed E-state index contributed by atoms with van der Waals surface area (Å²) in [7, 11) is 0. The number of nitrogens with one attached hydrogen (secondary N) is 1. The average Bonchev–Trinajstić information content (AvgIpc) is 2.35.